The van der Waals surface area contributed by atoms with Crippen LogP contribution in [-0.4, -0.2) is 13.1 Å². The maximum Gasteiger partial charge on any atom is 0.124 e. The van der Waals surface area contributed by atoms with Crippen LogP contribution in [0.5, 0.6) is 0 Å². The number of benzene rings is 1. The standard InChI is InChI=1S/C16H25BrFN/c1-11(2)9-19-10-13(4)12(3)5-14-6-15(17)8-16(18)7-14/h6-8,11-13,19H,5,9-10H2,1-4H3. The van der Waals surface area contributed by atoms with E-state index in [1.165, 1.54) is 6.07 Å². The van der Waals surface area contributed by atoms with Crippen LogP contribution in [0.25, 0.3) is 0 Å². The Morgan fingerprint density at radius 3 is 2.32 bits per heavy atom. The summed E-state index contributed by atoms with van der Waals surface area (Å²) in [5.41, 5.74) is 1.06. The molecule has 1 N–H and O–H groups in total. The lowest BCUT2D eigenvalue weighted by Gasteiger charge is -2.21. The molecule has 2 atom stereocenters. The van der Waals surface area contributed by atoms with E-state index in [2.05, 4.69) is 48.9 Å². The zero-order valence-corrected chi connectivity index (χ0v) is 13.9. The van der Waals surface area contributed by atoms with Crippen LogP contribution in [0.15, 0.2) is 22.7 Å². The van der Waals surface area contributed by atoms with Gasteiger partial charge in [-0.3, -0.25) is 0 Å². The molecule has 0 bridgehead atoms. The molecule has 1 nitrogen and oxygen atoms in total. The molecule has 2 unspecified atom stereocenters. The van der Waals surface area contributed by atoms with Gasteiger partial charge in [0.1, 0.15) is 5.82 Å². The average Bonchev–Trinajstić information content (AvgIpc) is 2.26. The second-order valence-electron chi connectivity index (χ2n) is 5.99. The molecule has 0 heterocycles. The van der Waals surface area contributed by atoms with Gasteiger partial charge < -0.3 is 5.32 Å². The minimum Gasteiger partial charge on any atom is -0.316 e. The summed E-state index contributed by atoms with van der Waals surface area (Å²) in [4.78, 5) is 0. The van der Waals surface area contributed by atoms with Crippen molar-refractivity contribution in [2.24, 2.45) is 17.8 Å². The highest BCUT2D eigenvalue weighted by Crippen LogP contribution is 2.21. The zero-order chi connectivity index (χ0) is 14.4. The third kappa shape index (κ3) is 6.53. The fraction of sp³-hybridized carbons (Fsp3) is 0.625. The Bertz CT molecular complexity index is 372. The molecule has 0 aliphatic heterocycles. The molecule has 0 saturated heterocycles. The normalized spacial score (nSPS) is 14.7. The van der Waals surface area contributed by atoms with Gasteiger partial charge in [0.15, 0.2) is 0 Å². The predicted molar refractivity (Wildman–Crippen MR) is 83.8 cm³/mol. The number of rotatable bonds is 7. The third-order valence-corrected chi connectivity index (χ3v) is 3.93. The molecule has 1 aromatic carbocycles. The summed E-state index contributed by atoms with van der Waals surface area (Å²) in [6.07, 6.45) is 0.918. The van der Waals surface area contributed by atoms with E-state index >= 15 is 0 Å². The van der Waals surface area contributed by atoms with Gasteiger partial charge in [0, 0.05) is 4.47 Å². The molecule has 0 aliphatic carbocycles. The maximum absolute atomic E-state index is 13.3. The quantitative estimate of drug-likeness (QED) is 0.767. The van der Waals surface area contributed by atoms with E-state index in [1.54, 1.807) is 6.07 Å². The van der Waals surface area contributed by atoms with Crippen molar-refractivity contribution in [2.45, 2.75) is 34.1 Å². The molecule has 1 aromatic rings. The number of nitrogens with one attached hydrogen (secondary N) is 1. The van der Waals surface area contributed by atoms with E-state index in [1.807, 2.05) is 6.07 Å². The fourth-order valence-electron chi connectivity index (χ4n) is 2.10. The van der Waals surface area contributed by atoms with Crippen LogP contribution in [0.2, 0.25) is 0 Å². The molecule has 19 heavy (non-hydrogen) atoms. The van der Waals surface area contributed by atoms with Gasteiger partial charge in [-0.1, -0.05) is 43.6 Å². The first-order valence-electron chi connectivity index (χ1n) is 7.04. The van der Waals surface area contributed by atoms with Crippen molar-refractivity contribution in [1.29, 1.82) is 0 Å². The molecular weight excluding hydrogens is 305 g/mol. The molecule has 0 aliphatic rings. The highest BCUT2D eigenvalue weighted by Gasteiger charge is 2.13. The minimum atomic E-state index is -0.165. The fourth-order valence-corrected chi connectivity index (χ4v) is 2.62. The second-order valence-corrected chi connectivity index (χ2v) is 6.90. The Morgan fingerprint density at radius 2 is 1.74 bits per heavy atom. The number of hydrogen-bond donors (Lipinski definition) is 1. The third-order valence-electron chi connectivity index (χ3n) is 3.47. The summed E-state index contributed by atoms with van der Waals surface area (Å²) in [5, 5.41) is 3.49. The van der Waals surface area contributed by atoms with Crippen molar-refractivity contribution < 1.29 is 4.39 Å². The van der Waals surface area contributed by atoms with Crippen LogP contribution >= 0.6 is 15.9 Å². The first-order valence-corrected chi connectivity index (χ1v) is 7.83. The van der Waals surface area contributed by atoms with Gasteiger partial charge in [0.2, 0.25) is 0 Å². The Morgan fingerprint density at radius 1 is 1.05 bits per heavy atom. The zero-order valence-electron chi connectivity index (χ0n) is 12.3. The van der Waals surface area contributed by atoms with Gasteiger partial charge in [0.25, 0.3) is 0 Å². The van der Waals surface area contributed by atoms with E-state index in [4.69, 9.17) is 0 Å². The molecule has 0 radical (unpaired) electrons. The summed E-state index contributed by atoms with van der Waals surface area (Å²) < 4.78 is 14.1. The Kier molecular flexibility index (Phi) is 7.01. The van der Waals surface area contributed by atoms with Crippen molar-refractivity contribution in [2.75, 3.05) is 13.1 Å². The average molecular weight is 330 g/mol. The molecule has 108 valence electrons. The highest BCUT2D eigenvalue weighted by atomic mass is 79.9. The number of halogens is 2. The Balaban J connectivity index is 2.46. The summed E-state index contributed by atoms with van der Waals surface area (Å²) >= 11 is 3.35. The molecule has 0 fully saturated rings. The summed E-state index contributed by atoms with van der Waals surface area (Å²) in [5.74, 6) is 1.64. The van der Waals surface area contributed by atoms with Gasteiger partial charge in [-0.25, -0.2) is 4.39 Å². The lowest BCUT2D eigenvalue weighted by Crippen LogP contribution is -2.28. The van der Waals surface area contributed by atoms with E-state index in [-0.39, 0.29) is 5.82 Å². The van der Waals surface area contributed by atoms with Crippen molar-refractivity contribution in [3.05, 3.63) is 34.1 Å². The van der Waals surface area contributed by atoms with E-state index < -0.39 is 0 Å². The van der Waals surface area contributed by atoms with Crippen LogP contribution in [-0.2, 0) is 6.42 Å². The summed E-state index contributed by atoms with van der Waals surface area (Å²) in [6, 6.07) is 5.14. The maximum atomic E-state index is 13.3. The predicted octanol–water partition coefficient (Wildman–Crippen LogP) is 4.65. The Hall–Kier alpha value is -0.410. The smallest absolute Gasteiger partial charge is 0.124 e. The van der Waals surface area contributed by atoms with Gasteiger partial charge in [-0.15, -0.1) is 0 Å². The monoisotopic (exact) mass is 329 g/mol. The molecule has 3 heteroatoms. The van der Waals surface area contributed by atoms with E-state index in [0.717, 1.165) is 29.5 Å². The topological polar surface area (TPSA) is 12.0 Å². The van der Waals surface area contributed by atoms with Crippen LogP contribution in [0.3, 0.4) is 0 Å². The SMILES string of the molecule is CC(C)CNCC(C)C(C)Cc1cc(F)cc(Br)c1. The summed E-state index contributed by atoms with van der Waals surface area (Å²) in [7, 11) is 0. The van der Waals surface area contributed by atoms with Crippen LogP contribution in [0.1, 0.15) is 33.3 Å². The van der Waals surface area contributed by atoms with Crippen LogP contribution in [0.4, 0.5) is 4.39 Å². The van der Waals surface area contributed by atoms with Crippen molar-refractivity contribution in [1.82, 2.24) is 5.32 Å². The highest BCUT2D eigenvalue weighted by molar-refractivity contribution is 9.10. The first kappa shape index (κ1) is 16.6. The van der Waals surface area contributed by atoms with Crippen LogP contribution < -0.4 is 5.32 Å². The van der Waals surface area contributed by atoms with E-state index in [0.29, 0.717) is 17.8 Å². The first-order chi connectivity index (χ1) is 8.88. The van der Waals surface area contributed by atoms with Crippen LogP contribution in [0, 0.1) is 23.6 Å². The second kappa shape index (κ2) is 8.01. The molecule has 0 saturated carbocycles. The molecule has 0 aromatic heterocycles. The van der Waals surface area contributed by atoms with Gasteiger partial charge >= 0.3 is 0 Å². The largest absolute Gasteiger partial charge is 0.316 e. The van der Waals surface area contributed by atoms with Crippen molar-refractivity contribution in [3.63, 3.8) is 0 Å². The molecule has 0 spiro atoms. The summed E-state index contributed by atoms with van der Waals surface area (Å²) in [6.45, 7) is 11.0. The molecule has 1 rings (SSSR count). The van der Waals surface area contributed by atoms with Gasteiger partial charge in [-0.2, -0.15) is 0 Å². The Labute approximate surface area is 125 Å². The van der Waals surface area contributed by atoms with Crippen molar-refractivity contribution in [3.8, 4) is 0 Å². The van der Waals surface area contributed by atoms with Gasteiger partial charge in [-0.05, 0) is 61.0 Å². The lowest BCUT2D eigenvalue weighted by atomic mass is 9.89. The van der Waals surface area contributed by atoms with Gasteiger partial charge in [0.05, 0.1) is 0 Å². The van der Waals surface area contributed by atoms with E-state index in [9.17, 15) is 4.39 Å². The van der Waals surface area contributed by atoms with Crippen molar-refractivity contribution >= 4 is 15.9 Å². The molecule has 0 amide bonds. The number of hydrogen-bond acceptors (Lipinski definition) is 1. The minimum absolute atomic E-state index is 0.165. The lowest BCUT2D eigenvalue weighted by molar-refractivity contribution is 0.357. The molecular formula is C16H25BrFN.